The summed E-state index contributed by atoms with van der Waals surface area (Å²) in [5, 5.41) is 4.66. The Bertz CT molecular complexity index is 562. The van der Waals surface area contributed by atoms with Crippen molar-refractivity contribution in [1.82, 2.24) is 9.78 Å². The lowest BCUT2D eigenvalue weighted by Crippen LogP contribution is -2.06. The van der Waals surface area contributed by atoms with Crippen molar-refractivity contribution in [3.63, 3.8) is 0 Å². The Labute approximate surface area is 114 Å². The highest BCUT2D eigenvalue weighted by atomic mass is 15.3. The predicted molar refractivity (Wildman–Crippen MR) is 77.9 cm³/mol. The van der Waals surface area contributed by atoms with Crippen molar-refractivity contribution in [1.29, 1.82) is 0 Å². The Balaban J connectivity index is 1.99. The number of rotatable bonds is 3. The van der Waals surface area contributed by atoms with Crippen LogP contribution >= 0.6 is 0 Å². The van der Waals surface area contributed by atoms with Crippen LogP contribution in [0, 0.1) is 0 Å². The lowest BCUT2D eigenvalue weighted by atomic mass is 9.90. The maximum absolute atomic E-state index is 5.77. The first-order valence-electron chi connectivity index (χ1n) is 7.20. The molecular weight excluding hydrogens is 234 g/mol. The highest BCUT2D eigenvalue weighted by Crippen LogP contribution is 2.27. The second kappa shape index (κ2) is 5.17. The second-order valence-corrected chi connectivity index (χ2v) is 5.23. The average molecular weight is 255 g/mol. The molecule has 0 amide bonds. The minimum Gasteiger partial charge on any atom is -0.325 e. The molecule has 0 aliphatic heterocycles. The molecule has 1 aromatic heterocycles. The summed E-state index contributed by atoms with van der Waals surface area (Å²) in [7, 11) is 0. The van der Waals surface area contributed by atoms with Crippen molar-refractivity contribution in [2.75, 3.05) is 0 Å². The van der Waals surface area contributed by atoms with Gasteiger partial charge in [0.2, 0.25) is 0 Å². The van der Waals surface area contributed by atoms with Gasteiger partial charge < -0.3 is 5.73 Å². The third kappa shape index (κ3) is 2.30. The molecule has 0 radical (unpaired) electrons. The fourth-order valence-corrected chi connectivity index (χ4v) is 2.93. The van der Waals surface area contributed by atoms with Gasteiger partial charge in [-0.3, -0.25) is 4.68 Å². The van der Waals surface area contributed by atoms with E-state index >= 15 is 0 Å². The summed E-state index contributed by atoms with van der Waals surface area (Å²) in [4.78, 5) is 0. The first-order valence-corrected chi connectivity index (χ1v) is 7.20. The van der Waals surface area contributed by atoms with Crippen LogP contribution in [-0.2, 0) is 25.9 Å². The molecule has 1 heterocycles. The molecule has 2 N–H and O–H groups in total. The van der Waals surface area contributed by atoms with Crippen molar-refractivity contribution in [3.05, 3.63) is 41.1 Å². The molecule has 3 rings (SSSR count). The Kier molecular flexibility index (Phi) is 3.38. The third-order valence-corrected chi connectivity index (χ3v) is 4.02. The molecule has 0 atom stereocenters. The quantitative estimate of drug-likeness (QED) is 0.916. The number of aryl methyl sites for hydroxylation is 3. The van der Waals surface area contributed by atoms with E-state index in [2.05, 4.69) is 36.3 Å². The topological polar surface area (TPSA) is 43.8 Å². The normalized spacial score (nSPS) is 14.4. The van der Waals surface area contributed by atoms with Gasteiger partial charge in [0, 0.05) is 18.7 Å². The number of hydrogen-bond donors (Lipinski definition) is 1. The Morgan fingerprint density at radius 2 is 1.95 bits per heavy atom. The third-order valence-electron chi connectivity index (χ3n) is 4.02. The Hall–Kier alpha value is -1.61. The van der Waals surface area contributed by atoms with Gasteiger partial charge in [-0.2, -0.15) is 5.10 Å². The van der Waals surface area contributed by atoms with E-state index in [-0.39, 0.29) is 0 Å². The van der Waals surface area contributed by atoms with Crippen LogP contribution in [0.1, 0.15) is 36.6 Å². The van der Waals surface area contributed by atoms with Gasteiger partial charge in [-0.1, -0.05) is 12.1 Å². The lowest BCUT2D eigenvalue weighted by molar-refractivity contribution is 0.624. The highest BCUT2D eigenvalue weighted by Gasteiger charge is 2.12. The van der Waals surface area contributed by atoms with Gasteiger partial charge >= 0.3 is 0 Å². The van der Waals surface area contributed by atoms with E-state index in [1.165, 1.54) is 42.4 Å². The van der Waals surface area contributed by atoms with Crippen molar-refractivity contribution >= 4 is 0 Å². The average Bonchev–Trinajstić information content (AvgIpc) is 2.90. The monoisotopic (exact) mass is 255 g/mol. The maximum atomic E-state index is 5.77. The molecule has 2 aromatic rings. The zero-order valence-electron chi connectivity index (χ0n) is 11.5. The smallest absolute Gasteiger partial charge is 0.0926 e. The van der Waals surface area contributed by atoms with Crippen LogP contribution in [0.2, 0.25) is 0 Å². The molecule has 1 aromatic carbocycles. The summed E-state index contributed by atoms with van der Waals surface area (Å²) in [5.74, 6) is 0. The molecule has 100 valence electrons. The van der Waals surface area contributed by atoms with E-state index in [1.807, 2.05) is 4.68 Å². The Morgan fingerprint density at radius 1 is 1.16 bits per heavy atom. The van der Waals surface area contributed by atoms with Crippen LogP contribution < -0.4 is 5.73 Å². The standard InChI is InChI=1S/C16H21N3/c1-2-19-15(11-17)10-16(18-19)14-8-7-12-5-3-4-6-13(12)9-14/h7-10H,2-6,11,17H2,1H3. The fraction of sp³-hybridized carbons (Fsp3) is 0.438. The molecule has 0 fully saturated rings. The highest BCUT2D eigenvalue weighted by molar-refractivity contribution is 5.61. The zero-order chi connectivity index (χ0) is 13.2. The SMILES string of the molecule is CCn1nc(-c2ccc3c(c2)CCCC3)cc1CN. The van der Waals surface area contributed by atoms with Crippen molar-refractivity contribution in [2.24, 2.45) is 5.73 Å². The van der Waals surface area contributed by atoms with Gasteiger partial charge in [-0.25, -0.2) is 0 Å². The van der Waals surface area contributed by atoms with Gasteiger partial charge in [0.15, 0.2) is 0 Å². The predicted octanol–water partition coefficient (Wildman–Crippen LogP) is 2.91. The minimum absolute atomic E-state index is 0.547. The van der Waals surface area contributed by atoms with Crippen LogP contribution in [0.15, 0.2) is 24.3 Å². The summed E-state index contributed by atoms with van der Waals surface area (Å²) in [6.07, 6.45) is 5.08. The van der Waals surface area contributed by atoms with E-state index in [0.717, 1.165) is 17.9 Å². The fourth-order valence-electron chi connectivity index (χ4n) is 2.93. The first kappa shape index (κ1) is 12.4. The number of nitrogens with zero attached hydrogens (tertiary/aromatic N) is 2. The van der Waals surface area contributed by atoms with Gasteiger partial charge in [-0.05, 0) is 55.9 Å². The molecule has 0 spiro atoms. The van der Waals surface area contributed by atoms with Crippen molar-refractivity contribution in [3.8, 4) is 11.3 Å². The van der Waals surface area contributed by atoms with Gasteiger partial charge in [-0.15, -0.1) is 0 Å². The summed E-state index contributed by atoms with van der Waals surface area (Å²) in [6.45, 7) is 3.52. The van der Waals surface area contributed by atoms with E-state index in [0.29, 0.717) is 6.54 Å². The molecule has 0 saturated carbocycles. The molecule has 19 heavy (non-hydrogen) atoms. The summed E-state index contributed by atoms with van der Waals surface area (Å²) < 4.78 is 1.99. The number of aromatic nitrogens is 2. The summed E-state index contributed by atoms with van der Waals surface area (Å²) in [5.41, 5.74) is 12.2. The van der Waals surface area contributed by atoms with E-state index < -0.39 is 0 Å². The molecule has 0 unspecified atom stereocenters. The van der Waals surface area contributed by atoms with E-state index in [1.54, 1.807) is 0 Å². The summed E-state index contributed by atoms with van der Waals surface area (Å²) in [6, 6.07) is 8.91. The van der Waals surface area contributed by atoms with Crippen LogP contribution in [0.25, 0.3) is 11.3 Å². The molecule has 3 nitrogen and oxygen atoms in total. The van der Waals surface area contributed by atoms with Crippen LogP contribution in [0.3, 0.4) is 0 Å². The van der Waals surface area contributed by atoms with Gasteiger partial charge in [0.25, 0.3) is 0 Å². The molecule has 0 saturated heterocycles. The van der Waals surface area contributed by atoms with E-state index in [4.69, 9.17) is 5.73 Å². The number of fused-ring (bicyclic) bond motifs is 1. The van der Waals surface area contributed by atoms with Crippen LogP contribution in [0.5, 0.6) is 0 Å². The molecule has 1 aliphatic carbocycles. The van der Waals surface area contributed by atoms with E-state index in [9.17, 15) is 0 Å². The lowest BCUT2D eigenvalue weighted by Gasteiger charge is -2.15. The van der Waals surface area contributed by atoms with Crippen LogP contribution in [-0.4, -0.2) is 9.78 Å². The second-order valence-electron chi connectivity index (χ2n) is 5.23. The number of nitrogens with two attached hydrogens (primary N) is 1. The largest absolute Gasteiger partial charge is 0.325 e. The van der Waals surface area contributed by atoms with Gasteiger partial charge in [0.05, 0.1) is 11.4 Å². The maximum Gasteiger partial charge on any atom is 0.0926 e. The molecular formula is C16H21N3. The molecule has 0 bridgehead atoms. The number of hydrogen-bond acceptors (Lipinski definition) is 2. The van der Waals surface area contributed by atoms with Crippen molar-refractivity contribution in [2.45, 2.75) is 45.7 Å². The number of benzene rings is 1. The summed E-state index contributed by atoms with van der Waals surface area (Å²) >= 11 is 0. The zero-order valence-corrected chi connectivity index (χ0v) is 11.5. The van der Waals surface area contributed by atoms with Gasteiger partial charge in [0.1, 0.15) is 0 Å². The first-order chi connectivity index (χ1) is 9.31. The molecule has 3 heteroatoms. The minimum atomic E-state index is 0.547. The van der Waals surface area contributed by atoms with Crippen LogP contribution in [0.4, 0.5) is 0 Å². The van der Waals surface area contributed by atoms with Crippen molar-refractivity contribution < 1.29 is 0 Å². The Morgan fingerprint density at radius 3 is 2.63 bits per heavy atom. The molecule has 1 aliphatic rings.